The molecule has 0 unspecified atom stereocenters. The Morgan fingerprint density at radius 2 is 1.95 bits per heavy atom. The van der Waals surface area contributed by atoms with E-state index in [1.807, 2.05) is 6.07 Å². The molecule has 2 aromatic carbocycles. The van der Waals surface area contributed by atoms with Crippen LogP contribution in [-0.2, 0) is 0 Å². The van der Waals surface area contributed by atoms with Crippen LogP contribution in [0.15, 0.2) is 47.1 Å². The van der Waals surface area contributed by atoms with Gasteiger partial charge in [-0.05, 0) is 40.2 Å². The van der Waals surface area contributed by atoms with Crippen molar-refractivity contribution in [2.75, 3.05) is 0 Å². The second-order valence-electron chi connectivity index (χ2n) is 4.29. The van der Waals surface area contributed by atoms with Gasteiger partial charge in [-0.25, -0.2) is 4.39 Å². The number of hydrogen-bond donors (Lipinski definition) is 1. The summed E-state index contributed by atoms with van der Waals surface area (Å²) < 4.78 is 14.3. The van der Waals surface area contributed by atoms with E-state index in [9.17, 15) is 9.18 Å². The molecule has 0 saturated heterocycles. The maximum atomic E-state index is 13.9. The van der Waals surface area contributed by atoms with Crippen molar-refractivity contribution in [2.45, 2.75) is 0 Å². The average Bonchev–Trinajstić information content (AvgIpc) is 2.83. The number of H-pyrrole nitrogens is 1. The molecule has 3 rings (SSSR count). The van der Waals surface area contributed by atoms with Crippen LogP contribution in [0.4, 0.5) is 4.39 Å². The number of rotatable bonds is 2. The van der Waals surface area contributed by atoms with E-state index in [-0.39, 0.29) is 5.56 Å². The van der Waals surface area contributed by atoms with E-state index in [1.54, 1.807) is 30.5 Å². The lowest BCUT2D eigenvalue weighted by Gasteiger charge is -2.05. The van der Waals surface area contributed by atoms with Gasteiger partial charge in [0.2, 0.25) is 0 Å². The monoisotopic (exact) mass is 351 g/mol. The van der Waals surface area contributed by atoms with Gasteiger partial charge in [0.1, 0.15) is 5.82 Å². The molecule has 5 heteroatoms. The fraction of sp³-hybridized carbons (Fsp3) is 0. The van der Waals surface area contributed by atoms with Gasteiger partial charge in [0.15, 0.2) is 5.78 Å². The van der Waals surface area contributed by atoms with Crippen molar-refractivity contribution in [2.24, 2.45) is 0 Å². The van der Waals surface area contributed by atoms with Gasteiger partial charge in [-0.1, -0.05) is 23.7 Å². The standard InChI is InChI=1S/C15H8BrClFNO/c16-9-3-1-5-11(18)14(9)15(20)8-7-19-12-6-2-4-10(17)13(8)12/h1-7,19H. The minimum atomic E-state index is -0.564. The van der Waals surface area contributed by atoms with Gasteiger partial charge in [0.05, 0.1) is 10.6 Å². The van der Waals surface area contributed by atoms with Crippen molar-refractivity contribution in [3.63, 3.8) is 0 Å². The highest BCUT2D eigenvalue weighted by Crippen LogP contribution is 2.30. The smallest absolute Gasteiger partial charge is 0.199 e. The molecular weight excluding hydrogens is 345 g/mol. The fourth-order valence-electron chi connectivity index (χ4n) is 2.17. The molecule has 0 fully saturated rings. The Bertz CT molecular complexity index is 808. The molecule has 20 heavy (non-hydrogen) atoms. The lowest BCUT2D eigenvalue weighted by Crippen LogP contribution is -2.05. The zero-order chi connectivity index (χ0) is 14.3. The molecule has 1 N–H and O–H groups in total. The number of aromatic amines is 1. The average molecular weight is 353 g/mol. The first-order valence-electron chi connectivity index (χ1n) is 5.84. The summed E-state index contributed by atoms with van der Waals surface area (Å²) in [6, 6.07) is 9.73. The van der Waals surface area contributed by atoms with Gasteiger partial charge >= 0.3 is 0 Å². The van der Waals surface area contributed by atoms with Crippen LogP contribution in [0, 0.1) is 5.82 Å². The summed E-state index contributed by atoms with van der Waals surface area (Å²) in [4.78, 5) is 15.5. The van der Waals surface area contributed by atoms with E-state index in [0.717, 1.165) is 5.52 Å². The zero-order valence-electron chi connectivity index (χ0n) is 10.1. The van der Waals surface area contributed by atoms with Crippen molar-refractivity contribution in [1.29, 1.82) is 0 Å². The quantitative estimate of drug-likeness (QED) is 0.650. The Morgan fingerprint density at radius 1 is 1.20 bits per heavy atom. The van der Waals surface area contributed by atoms with E-state index >= 15 is 0 Å². The number of halogens is 3. The molecule has 0 aliphatic rings. The second kappa shape index (κ2) is 5.04. The SMILES string of the molecule is O=C(c1c(F)cccc1Br)c1c[nH]c2cccc(Cl)c12. The summed E-state index contributed by atoms with van der Waals surface area (Å²) in [5, 5.41) is 1.06. The number of nitrogens with one attached hydrogen (secondary N) is 1. The highest BCUT2D eigenvalue weighted by molar-refractivity contribution is 9.10. The normalized spacial score (nSPS) is 10.9. The van der Waals surface area contributed by atoms with Crippen molar-refractivity contribution in [3.05, 3.63) is 69.0 Å². The van der Waals surface area contributed by atoms with Crippen LogP contribution in [-0.4, -0.2) is 10.8 Å². The molecule has 0 aliphatic heterocycles. The Kier molecular flexibility index (Phi) is 3.36. The van der Waals surface area contributed by atoms with Crippen LogP contribution in [0.5, 0.6) is 0 Å². The summed E-state index contributed by atoms with van der Waals surface area (Å²) in [5.41, 5.74) is 1.11. The Balaban J connectivity index is 2.24. The van der Waals surface area contributed by atoms with Crippen molar-refractivity contribution < 1.29 is 9.18 Å². The summed E-state index contributed by atoms with van der Waals surface area (Å²) in [5.74, 6) is -0.972. The highest BCUT2D eigenvalue weighted by Gasteiger charge is 2.21. The Hall–Kier alpha value is -1.65. The third-order valence-corrected chi connectivity index (χ3v) is 4.07. The fourth-order valence-corrected chi connectivity index (χ4v) is 2.97. The van der Waals surface area contributed by atoms with Crippen molar-refractivity contribution >= 4 is 44.2 Å². The first-order chi connectivity index (χ1) is 9.59. The van der Waals surface area contributed by atoms with E-state index < -0.39 is 11.6 Å². The highest BCUT2D eigenvalue weighted by atomic mass is 79.9. The van der Waals surface area contributed by atoms with Gasteiger partial charge in [-0.3, -0.25) is 4.79 Å². The third-order valence-electron chi connectivity index (χ3n) is 3.09. The molecule has 0 radical (unpaired) electrons. The molecular formula is C15H8BrClFNO. The van der Waals surface area contributed by atoms with E-state index in [4.69, 9.17) is 11.6 Å². The van der Waals surface area contributed by atoms with Crippen LogP contribution in [0.2, 0.25) is 5.02 Å². The summed E-state index contributed by atoms with van der Waals surface area (Å²) in [7, 11) is 0. The van der Waals surface area contributed by atoms with Crippen molar-refractivity contribution in [3.8, 4) is 0 Å². The molecule has 0 aliphatic carbocycles. The molecule has 100 valence electrons. The van der Waals surface area contributed by atoms with E-state index in [0.29, 0.717) is 20.4 Å². The van der Waals surface area contributed by atoms with E-state index in [2.05, 4.69) is 20.9 Å². The number of ketones is 1. The van der Waals surface area contributed by atoms with Crippen LogP contribution in [0.3, 0.4) is 0 Å². The largest absolute Gasteiger partial charge is 0.360 e. The summed E-state index contributed by atoms with van der Waals surface area (Å²) in [6.07, 6.45) is 1.55. The van der Waals surface area contributed by atoms with Gasteiger partial charge < -0.3 is 4.98 Å². The van der Waals surface area contributed by atoms with Gasteiger partial charge in [-0.15, -0.1) is 0 Å². The van der Waals surface area contributed by atoms with Crippen LogP contribution < -0.4 is 0 Å². The van der Waals surface area contributed by atoms with Crippen molar-refractivity contribution in [1.82, 2.24) is 4.98 Å². The topological polar surface area (TPSA) is 32.9 Å². The van der Waals surface area contributed by atoms with Gasteiger partial charge in [0, 0.05) is 27.1 Å². The Morgan fingerprint density at radius 3 is 2.70 bits per heavy atom. The van der Waals surface area contributed by atoms with E-state index in [1.165, 1.54) is 6.07 Å². The summed E-state index contributed by atoms with van der Waals surface area (Å²) in [6.45, 7) is 0. The Labute approximate surface area is 127 Å². The summed E-state index contributed by atoms with van der Waals surface area (Å²) >= 11 is 9.35. The zero-order valence-corrected chi connectivity index (χ0v) is 12.4. The molecule has 3 aromatic rings. The predicted octanol–water partition coefficient (Wildman–Crippen LogP) is 4.95. The number of benzene rings is 2. The number of aromatic nitrogens is 1. The molecule has 1 aromatic heterocycles. The van der Waals surface area contributed by atoms with Crippen LogP contribution in [0.1, 0.15) is 15.9 Å². The molecule has 1 heterocycles. The number of carbonyl (C=O) groups excluding carboxylic acids is 1. The number of hydrogen-bond acceptors (Lipinski definition) is 1. The lowest BCUT2D eigenvalue weighted by atomic mass is 10.0. The maximum absolute atomic E-state index is 13.9. The molecule has 0 saturated carbocycles. The van der Waals surface area contributed by atoms with Gasteiger partial charge in [-0.2, -0.15) is 0 Å². The third kappa shape index (κ3) is 2.05. The van der Waals surface area contributed by atoms with Crippen LogP contribution in [0.25, 0.3) is 10.9 Å². The molecule has 0 spiro atoms. The van der Waals surface area contributed by atoms with Crippen LogP contribution >= 0.6 is 27.5 Å². The first-order valence-corrected chi connectivity index (χ1v) is 7.01. The molecule has 0 bridgehead atoms. The first kappa shape index (κ1) is 13.3. The minimum absolute atomic E-state index is 0.00770. The lowest BCUT2D eigenvalue weighted by molar-refractivity contribution is 0.103. The molecule has 0 amide bonds. The second-order valence-corrected chi connectivity index (χ2v) is 5.55. The number of fused-ring (bicyclic) bond motifs is 1. The molecule has 2 nitrogen and oxygen atoms in total. The maximum Gasteiger partial charge on any atom is 0.199 e. The number of carbonyl (C=O) groups is 1. The van der Waals surface area contributed by atoms with Gasteiger partial charge in [0.25, 0.3) is 0 Å². The minimum Gasteiger partial charge on any atom is -0.360 e. The predicted molar refractivity (Wildman–Crippen MR) is 80.8 cm³/mol. The molecule has 0 atom stereocenters.